The van der Waals surface area contributed by atoms with Crippen molar-refractivity contribution in [3.05, 3.63) is 65.1 Å². The Morgan fingerprint density at radius 2 is 1.96 bits per heavy atom. The van der Waals surface area contributed by atoms with Crippen LogP contribution in [-0.4, -0.2) is 27.3 Å². The molecule has 1 aliphatic carbocycles. The van der Waals surface area contributed by atoms with Crippen LogP contribution in [0.3, 0.4) is 0 Å². The molecule has 7 heteroatoms. The number of amides is 2. The van der Waals surface area contributed by atoms with Crippen molar-refractivity contribution in [1.82, 2.24) is 20.1 Å². The summed E-state index contributed by atoms with van der Waals surface area (Å²) < 4.78 is 2.05. The molecule has 0 unspecified atom stereocenters. The second-order valence-corrected chi connectivity index (χ2v) is 7.27. The zero-order valence-corrected chi connectivity index (χ0v) is 16.2. The van der Waals surface area contributed by atoms with E-state index in [2.05, 4.69) is 15.6 Å². The third-order valence-corrected chi connectivity index (χ3v) is 5.14. The van der Waals surface area contributed by atoms with E-state index in [9.17, 15) is 4.79 Å². The number of aromatic nitrogens is 3. The van der Waals surface area contributed by atoms with Crippen LogP contribution in [0, 0.1) is 0 Å². The Bertz CT molecular complexity index is 970. The second-order valence-electron chi connectivity index (χ2n) is 6.83. The Kier molecular flexibility index (Phi) is 5.58. The van der Waals surface area contributed by atoms with Gasteiger partial charge in [-0.25, -0.2) is 4.79 Å². The molecular formula is C21H22ClN5O. The van der Waals surface area contributed by atoms with Crippen LogP contribution in [-0.2, 0) is 19.4 Å². The number of urea groups is 1. The number of nitrogens with one attached hydrogen (secondary N) is 2. The quantitative estimate of drug-likeness (QED) is 0.676. The molecular weight excluding hydrogens is 374 g/mol. The molecule has 28 heavy (non-hydrogen) atoms. The minimum absolute atomic E-state index is 0.252. The third-order valence-electron chi connectivity index (χ3n) is 4.90. The number of halogens is 1. The molecule has 4 rings (SSSR count). The fourth-order valence-corrected chi connectivity index (χ4v) is 3.80. The first-order chi connectivity index (χ1) is 13.7. The maximum Gasteiger partial charge on any atom is 0.319 e. The van der Waals surface area contributed by atoms with Gasteiger partial charge >= 0.3 is 6.03 Å². The molecule has 0 spiro atoms. The summed E-state index contributed by atoms with van der Waals surface area (Å²) >= 11 is 5.95. The van der Waals surface area contributed by atoms with E-state index >= 15 is 0 Å². The summed E-state index contributed by atoms with van der Waals surface area (Å²) in [6.07, 6.45) is 8.04. The molecule has 1 aliphatic rings. The molecule has 144 valence electrons. The highest BCUT2D eigenvalue weighted by atomic mass is 35.5. The summed E-state index contributed by atoms with van der Waals surface area (Å²) in [5.74, 6) is 0. The number of nitrogens with zero attached hydrogens (tertiary/aromatic N) is 3. The average molecular weight is 396 g/mol. The number of carbonyl (C=O) groups excluding carboxylic acids is 1. The number of fused-ring (bicyclic) bond motifs is 1. The predicted octanol–water partition coefficient (Wildman–Crippen LogP) is 4.30. The van der Waals surface area contributed by atoms with Crippen LogP contribution in [0.1, 0.15) is 24.1 Å². The Hall–Kier alpha value is -2.86. The van der Waals surface area contributed by atoms with Crippen molar-refractivity contribution in [3.8, 4) is 11.3 Å². The number of anilines is 1. The standard InChI is InChI=1S/C21H22ClN5O/c22-16-4-3-5-17(14-16)25-21(28)24-12-13-27-19-7-2-1-6-18(19)20(26-27)15-8-10-23-11-9-15/h3-5,8-11,14H,1-2,6-7,12-13H2,(H2,24,25,28). The van der Waals surface area contributed by atoms with Gasteiger partial charge in [0.1, 0.15) is 0 Å². The van der Waals surface area contributed by atoms with Crippen LogP contribution in [0.25, 0.3) is 11.3 Å². The summed E-state index contributed by atoms with van der Waals surface area (Å²) in [4.78, 5) is 16.2. The third kappa shape index (κ3) is 4.17. The van der Waals surface area contributed by atoms with Gasteiger partial charge in [-0.1, -0.05) is 17.7 Å². The first-order valence-corrected chi connectivity index (χ1v) is 9.88. The van der Waals surface area contributed by atoms with Gasteiger partial charge in [-0.2, -0.15) is 5.10 Å². The van der Waals surface area contributed by atoms with Gasteiger partial charge < -0.3 is 10.6 Å². The van der Waals surface area contributed by atoms with Crippen LogP contribution in [0.5, 0.6) is 0 Å². The minimum atomic E-state index is -0.252. The largest absolute Gasteiger partial charge is 0.336 e. The number of pyridine rings is 1. The highest BCUT2D eigenvalue weighted by Gasteiger charge is 2.21. The normalized spacial score (nSPS) is 13.0. The molecule has 0 saturated carbocycles. The minimum Gasteiger partial charge on any atom is -0.336 e. The Morgan fingerprint density at radius 3 is 2.79 bits per heavy atom. The molecule has 0 radical (unpaired) electrons. The first kappa shape index (κ1) is 18.5. The molecule has 2 aromatic heterocycles. The number of hydrogen-bond acceptors (Lipinski definition) is 3. The van der Waals surface area contributed by atoms with Gasteiger partial charge in [0.15, 0.2) is 0 Å². The zero-order chi connectivity index (χ0) is 19.3. The highest BCUT2D eigenvalue weighted by Crippen LogP contribution is 2.30. The van der Waals surface area contributed by atoms with E-state index < -0.39 is 0 Å². The highest BCUT2D eigenvalue weighted by molar-refractivity contribution is 6.30. The monoisotopic (exact) mass is 395 g/mol. The Morgan fingerprint density at radius 1 is 1.14 bits per heavy atom. The van der Waals surface area contributed by atoms with Crippen LogP contribution in [0.15, 0.2) is 48.8 Å². The summed E-state index contributed by atoms with van der Waals surface area (Å²) in [5.41, 5.74) is 5.43. The molecule has 0 bridgehead atoms. The maximum atomic E-state index is 12.1. The number of hydrogen-bond donors (Lipinski definition) is 2. The van der Waals surface area contributed by atoms with E-state index in [0.717, 1.165) is 24.1 Å². The number of benzene rings is 1. The Labute approximate surface area is 168 Å². The summed E-state index contributed by atoms with van der Waals surface area (Å²) in [6, 6.07) is 10.8. The molecule has 1 aromatic carbocycles. The van der Waals surface area contributed by atoms with Gasteiger partial charge in [-0.3, -0.25) is 9.67 Å². The molecule has 0 aliphatic heterocycles. The van der Waals surface area contributed by atoms with E-state index in [-0.39, 0.29) is 6.03 Å². The lowest BCUT2D eigenvalue weighted by molar-refractivity contribution is 0.251. The Balaban J connectivity index is 1.42. The van der Waals surface area contributed by atoms with Crippen molar-refractivity contribution in [1.29, 1.82) is 0 Å². The number of rotatable bonds is 5. The molecule has 3 aromatic rings. The van der Waals surface area contributed by atoms with Crippen molar-refractivity contribution in [2.24, 2.45) is 0 Å². The predicted molar refractivity (Wildman–Crippen MR) is 111 cm³/mol. The van der Waals surface area contributed by atoms with Crippen LogP contribution in [0.4, 0.5) is 10.5 Å². The summed E-state index contributed by atoms with van der Waals surface area (Å²) in [5, 5.41) is 11.1. The van der Waals surface area contributed by atoms with E-state index in [1.807, 2.05) is 16.8 Å². The van der Waals surface area contributed by atoms with Crippen molar-refractivity contribution >= 4 is 23.3 Å². The lowest BCUT2D eigenvalue weighted by atomic mass is 9.94. The fraction of sp³-hybridized carbons (Fsp3) is 0.286. The zero-order valence-electron chi connectivity index (χ0n) is 15.5. The van der Waals surface area contributed by atoms with Gasteiger partial charge in [-0.05, 0) is 56.0 Å². The molecule has 2 N–H and O–H groups in total. The van der Waals surface area contributed by atoms with Crippen molar-refractivity contribution in [2.75, 3.05) is 11.9 Å². The van der Waals surface area contributed by atoms with Gasteiger partial charge in [-0.15, -0.1) is 0 Å². The second kappa shape index (κ2) is 8.44. The topological polar surface area (TPSA) is 71.8 Å². The first-order valence-electron chi connectivity index (χ1n) is 9.50. The molecule has 2 amide bonds. The number of carbonyl (C=O) groups is 1. The lowest BCUT2D eigenvalue weighted by Crippen LogP contribution is -2.32. The van der Waals surface area contributed by atoms with Crippen molar-refractivity contribution in [2.45, 2.75) is 32.2 Å². The fourth-order valence-electron chi connectivity index (χ4n) is 3.61. The van der Waals surface area contributed by atoms with Crippen LogP contribution < -0.4 is 10.6 Å². The summed E-state index contributed by atoms with van der Waals surface area (Å²) in [7, 11) is 0. The van der Waals surface area contributed by atoms with E-state index in [4.69, 9.17) is 16.7 Å². The van der Waals surface area contributed by atoms with Gasteiger partial charge in [0.05, 0.1) is 12.2 Å². The SMILES string of the molecule is O=C(NCCn1nc(-c2ccncc2)c2c1CCCC2)Nc1cccc(Cl)c1. The van der Waals surface area contributed by atoms with Crippen LogP contribution in [0.2, 0.25) is 5.02 Å². The molecule has 0 fully saturated rings. The van der Waals surface area contributed by atoms with Crippen molar-refractivity contribution in [3.63, 3.8) is 0 Å². The smallest absolute Gasteiger partial charge is 0.319 e. The molecule has 6 nitrogen and oxygen atoms in total. The molecule has 0 atom stereocenters. The molecule has 2 heterocycles. The maximum absolute atomic E-state index is 12.1. The van der Waals surface area contributed by atoms with E-state index in [1.54, 1.807) is 36.7 Å². The van der Waals surface area contributed by atoms with Crippen molar-refractivity contribution < 1.29 is 4.79 Å². The van der Waals surface area contributed by atoms with E-state index in [0.29, 0.717) is 23.8 Å². The average Bonchev–Trinajstić information content (AvgIpc) is 3.08. The van der Waals surface area contributed by atoms with E-state index in [1.165, 1.54) is 24.1 Å². The van der Waals surface area contributed by atoms with Gasteiger partial charge in [0.25, 0.3) is 0 Å². The van der Waals surface area contributed by atoms with Crippen LogP contribution >= 0.6 is 11.6 Å². The lowest BCUT2D eigenvalue weighted by Gasteiger charge is -2.14. The summed E-state index contributed by atoms with van der Waals surface area (Å²) in [6.45, 7) is 1.13. The van der Waals surface area contributed by atoms with Gasteiger partial charge in [0.2, 0.25) is 0 Å². The van der Waals surface area contributed by atoms with Gasteiger partial charge in [0, 0.05) is 46.5 Å². The molecule has 0 saturated heterocycles.